The van der Waals surface area contributed by atoms with Crippen LogP contribution in [0.4, 0.5) is 0 Å². The van der Waals surface area contributed by atoms with Gasteiger partial charge in [0.05, 0.1) is 0 Å². The van der Waals surface area contributed by atoms with E-state index in [2.05, 4.69) is 10.5 Å². The van der Waals surface area contributed by atoms with Gasteiger partial charge in [-0.1, -0.05) is 19.0 Å². The predicted molar refractivity (Wildman–Crippen MR) is 72.3 cm³/mol. The van der Waals surface area contributed by atoms with Crippen LogP contribution in [0.3, 0.4) is 0 Å². The molecule has 17 heavy (non-hydrogen) atoms. The lowest BCUT2D eigenvalue weighted by Gasteiger charge is -2.21. The van der Waals surface area contributed by atoms with E-state index in [1.165, 1.54) is 0 Å². The quantitative estimate of drug-likeness (QED) is 0.279. The lowest BCUT2D eigenvalue weighted by molar-refractivity contribution is -0.124. The molecule has 0 aliphatic rings. The van der Waals surface area contributed by atoms with Gasteiger partial charge in [0.15, 0.2) is 5.84 Å². The van der Waals surface area contributed by atoms with Crippen LogP contribution < -0.4 is 11.1 Å². The van der Waals surface area contributed by atoms with Gasteiger partial charge in [0.1, 0.15) is 5.92 Å². The largest absolute Gasteiger partial charge is 0.409 e. The Morgan fingerprint density at radius 3 is 2.47 bits per heavy atom. The van der Waals surface area contributed by atoms with Crippen molar-refractivity contribution in [1.82, 2.24) is 5.32 Å². The minimum Gasteiger partial charge on any atom is -0.409 e. The first-order valence-corrected chi connectivity index (χ1v) is 7.10. The highest BCUT2D eigenvalue weighted by atomic mass is 32.2. The molecule has 0 bridgehead atoms. The number of nitrogens with zero attached hydrogens (tertiary/aromatic N) is 1. The van der Waals surface area contributed by atoms with Crippen LogP contribution in [0.15, 0.2) is 5.16 Å². The van der Waals surface area contributed by atoms with Crippen molar-refractivity contribution in [3.05, 3.63) is 0 Å². The molecule has 0 aromatic carbocycles. The summed E-state index contributed by atoms with van der Waals surface area (Å²) in [5.41, 5.74) is 5.53. The molecule has 4 N–H and O–H groups in total. The van der Waals surface area contributed by atoms with Gasteiger partial charge in [0, 0.05) is 6.04 Å². The van der Waals surface area contributed by atoms with Gasteiger partial charge in [-0.15, -0.1) is 0 Å². The highest BCUT2D eigenvalue weighted by molar-refractivity contribution is 7.98. The Kier molecular flexibility index (Phi) is 7.78. The van der Waals surface area contributed by atoms with E-state index in [9.17, 15) is 4.79 Å². The summed E-state index contributed by atoms with van der Waals surface area (Å²) in [7, 11) is 0. The molecule has 1 amide bonds. The molecule has 0 heterocycles. The molecule has 0 spiro atoms. The van der Waals surface area contributed by atoms with Gasteiger partial charge in [0.25, 0.3) is 0 Å². The molecule has 0 aromatic rings. The van der Waals surface area contributed by atoms with Crippen molar-refractivity contribution in [1.29, 1.82) is 0 Å². The van der Waals surface area contributed by atoms with E-state index in [1.807, 2.05) is 27.0 Å². The summed E-state index contributed by atoms with van der Waals surface area (Å²) in [4.78, 5) is 12.0. The molecular formula is C11H23N3O2S. The van der Waals surface area contributed by atoms with E-state index >= 15 is 0 Å². The summed E-state index contributed by atoms with van der Waals surface area (Å²) in [6, 6.07) is 0.0997. The third-order valence-corrected chi connectivity index (χ3v) is 3.17. The van der Waals surface area contributed by atoms with E-state index in [1.54, 1.807) is 11.8 Å². The summed E-state index contributed by atoms with van der Waals surface area (Å²) in [5, 5.41) is 14.5. The van der Waals surface area contributed by atoms with Crippen LogP contribution >= 0.6 is 11.8 Å². The van der Waals surface area contributed by atoms with E-state index in [-0.39, 0.29) is 23.7 Å². The Hall–Kier alpha value is -0.910. The molecule has 0 aromatic heterocycles. The number of amidine groups is 1. The molecule has 0 aliphatic carbocycles. The number of rotatable bonds is 7. The third-order valence-electron chi connectivity index (χ3n) is 2.53. The number of carbonyl (C=O) groups excluding carboxylic acids is 1. The molecule has 0 aliphatic heterocycles. The van der Waals surface area contributed by atoms with Crippen LogP contribution in [0, 0.1) is 11.8 Å². The zero-order valence-electron chi connectivity index (χ0n) is 10.9. The molecule has 0 fully saturated rings. The number of carbonyl (C=O) groups is 1. The molecule has 0 rings (SSSR count). The summed E-state index contributed by atoms with van der Waals surface area (Å²) < 4.78 is 0. The van der Waals surface area contributed by atoms with Gasteiger partial charge >= 0.3 is 0 Å². The highest BCUT2D eigenvalue weighted by Crippen LogP contribution is 2.12. The normalized spacial score (nSPS) is 15.7. The number of nitrogens with two attached hydrogens (primary N) is 1. The Bertz CT molecular complexity index is 269. The Labute approximate surface area is 107 Å². The zero-order valence-corrected chi connectivity index (χ0v) is 11.8. The number of thioether (sulfide) groups is 1. The topological polar surface area (TPSA) is 87.7 Å². The number of nitrogens with one attached hydrogen (secondary N) is 1. The van der Waals surface area contributed by atoms with E-state index in [0.717, 1.165) is 12.2 Å². The van der Waals surface area contributed by atoms with Crippen molar-refractivity contribution in [2.75, 3.05) is 12.0 Å². The lowest BCUT2D eigenvalue weighted by atomic mass is 9.93. The van der Waals surface area contributed by atoms with Crippen molar-refractivity contribution < 1.29 is 10.0 Å². The summed E-state index contributed by atoms with van der Waals surface area (Å²) in [6.07, 6.45) is 2.94. The molecule has 100 valence electrons. The Balaban J connectivity index is 4.44. The van der Waals surface area contributed by atoms with Gasteiger partial charge in [-0.25, -0.2) is 0 Å². The molecular weight excluding hydrogens is 238 g/mol. The lowest BCUT2D eigenvalue weighted by Crippen LogP contribution is -2.45. The molecule has 5 nitrogen and oxygen atoms in total. The fraction of sp³-hybridized carbons (Fsp3) is 0.818. The number of amides is 1. The van der Waals surface area contributed by atoms with E-state index < -0.39 is 5.92 Å². The second-order valence-corrected chi connectivity index (χ2v) is 5.42. The Morgan fingerprint density at radius 2 is 2.06 bits per heavy atom. The smallest absolute Gasteiger partial charge is 0.231 e. The minimum absolute atomic E-state index is 0.00125. The van der Waals surface area contributed by atoms with E-state index in [0.29, 0.717) is 0 Å². The first-order valence-electron chi connectivity index (χ1n) is 5.70. The molecule has 0 radical (unpaired) electrons. The van der Waals surface area contributed by atoms with Gasteiger partial charge in [-0.05, 0) is 31.3 Å². The zero-order chi connectivity index (χ0) is 13.4. The maximum absolute atomic E-state index is 12.0. The van der Waals surface area contributed by atoms with Crippen molar-refractivity contribution in [2.45, 2.75) is 33.2 Å². The first-order chi connectivity index (χ1) is 7.93. The van der Waals surface area contributed by atoms with Crippen LogP contribution in [0.25, 0.3) is 0 Å². The molecule has 0 saturated heterocycles. The van der Waals surface area contributed by atoms with Crippen molar-refractivity contribution in [3.8, 4) is 0 Å². The Morgan fingerprint density at radius 1 is 1.47 bits per heavy atom. The van der Waals surface area contributed by atoms with Crippen LogP contribution in [-0.2, 0) is 4.79 Å². The maximum Gasteiger partial charge on any atom is 0.231 e. The molecule has 2 atom stereocenters. The highest BCUT2D eigenvalue weighted by Gasteiger charge is 2.27. The molecule has 0 saturated carbocycles. The monoisotopic (exact) mass is 261 g/mol. The van der Waals surface area contributed by atoms with Crippen molar-refractivity contribution in [3.63, 3.8) is 0 Å². The molecule has 2 unspecified atom stereocenters. The van der Waals surface area contributed by atoms with Gasteiger partial charge < -0.3 is 16.3 Å². The van der Waals surface area contributed by atoms with Gasteiger partial charge in [0.2, 0.25) is 5.91 Å². The second kappa shape index (κ2) is 8.22. The first kappa shape index (κ1) is 16.1. The summed E-state index contributed by atoms with van der Waals surface area (Å²) in [6.45, 7) is 5.70. The van der Waals surface area contributed by atoms with Crippen LogP contribution in [0.5, 0.6) is 0 Å². The summed E-state index contributed by atoms with van der Waals surface area (Å²) >= 11 is 1.74. The van der Waals surface area contributed by atoms with Crippen LogP contribution in [0.2, 0.25) is 0 Å². The second-order valence-electron chi connectivity index (χ2n) is 4.44. The van der Waals surface area contributed by atoms with Crippen LogP contribution in [0.1, 0.15) is 27.2 Å². The molecule has 6 heteroatoms. The fourth-order valence-electron chi connectivity index (χ4n) is 1.54. The third kappa shape index (κ3) is 5.81. The average molecular weight is 261 g/mol. The average Bonchev–Trinajstić information content (AvgIpc) is 2.25. The van der Waals surface area contributed by atoms with Gasteiger partial charge in [-0.3, -0.25) is 4.79 Å². The fourth-order valence-corrected chi connectivity index (χ4v) is 2.13. The summed E-state index contributed by atoms with van der Waals surface area (Å²) in [5.74, 6) is 0.214. The van der Waals surface area contributed by atoms with Crippen molar-refractivity contribution in [2.24, 2.45) is 22.7 Å². The SMILES string of the molecule is CSCCC(C)NC(=O)C(C(N)=NO)C(C)C. The van der Waals surface area contributed by atoms with Crippen molar-refractivity contribution >= 4 is 23.5 Å². The van der Waals surface area contributed by atoms with Gasteiger partial charge in [-0.2, -0.15) is 11.8 Å². The number of hydrogen-bond acceptors (Lipinski definition) is 4. The minimum atomic E-state index is -0.572. The predicted octanol–water partition coefficient (Wildman–Crippen LogP) is 1.26. The number of oxime groups is 1. The maximum atomic E-state index is 12.0. The standard InChI is InChI=1S/C11H23N3O2S/c1-7(2)9(10(12)14-16)11(15)13-8(3)5-6-17-4/h7-9,16H,5-6H2,1-4H3,(H2,12,14)(H,13,15). The number of hydrogen-bond donors (Lipinski definition) is 3. The van der Waals surface area contributed by atoms with E-state index in [4.69, 9.17) is 10.9 Å². The van der Waals surface area contributed by atoms with Crippen LogP contribution in [-0.4, -0.2) is 35.0 Å².